The zero-order valence-corrected chi connectivity index (χ0v) is 15.6. The minimum absolute atomic E-state index is 0.345. The molecule has 0 aromatic carbocycles. The van der Waals surface area contributed by atoms with E-state index in [2.05, 4.69) is 24.8 Å². The van der Waals surface area contributed by atoms with Gasteiger partial charge in [-0.3, -0.25) is 0 Å². The Morgan fingerprint density at radius 2 is 2.00 bits per heavy atom. The van der Waals surface area contributed by atoms with Crippen LogP contribution >= 0.6 is 0 Å². The average molecular weight is 348 g/mol. The molecule has 0 bridgehead atoms. The van der Waals surface area contributed by atoms with E-state index < -0.39 is 11.8 Å². The first-order valence-electron chi connectivity index (χ1n) is 9.33. The van der Waals surface area contributed by atoms with E-state index in [0.29, 0.717) is 5.57 Å². The van der Waals surface area contributed by atoms with Gasteiger partial charge in [0.25, 0.3) is 5.79 Å². The van der Waals surface area contributed by atoms with E-state index in [1.807, 2.05) is 6.08 Å². The summed E-state index contributed by atoms with van der Waals surface area (Å²) in [5.41, 5.74) is 6.31. The van der Waals surface area contributed by atoms with Gasteiger partial charge in [0.15, 0.2) is 0 Å². The van der Waals surface area contributed by atoms with Crippen LogP contribution in [0.4, 0.5) is 0 Å². The average Bonchev–Trinajstić information content (AvgIpc) is 2.97. The molecule has 140 valence electrons. The summed E-state index contributed by atoms with van der Waals surface area (Å²) in [6, 6.07) is 0. The largest absolute Gasteiger partial charge is 0.477 e. The number of aliphatic carboxylic acids is 1. The minimum Gasteiger partial charge on any atom is -0.477 e. The predicted octanol–water partition coefficient (Wildman–Crippen LogP) is 4.64. The first-order valence-corrected chi connectivity index (χ1v) is 9.33. The van der Waals surface area contributed by atoms with Crippen LogP contribution in [-0.4, -0.2) is 27.1 Å². The smallest absolute Gasteiger partial charge is 0.364 e. The van der Waals surface area contributed by atoms with Crippen molar-refractivity contribution in [2.45, 2.75) is 83.8 Å². The minimum atomic E-state index is -2.72. The van der Waals surface area contributed by atoms with Crippen molar-refractivity contribution in [1.82, 2.24) is 0 Å². The number of aliphatic hydroxyl groups is 2. The highest BCUT2D eigenvalue weighted by atomic mass is 16.5. The molecule has 0 fully saturated rings. The van der Waals surface area contributed by atoms with Crippen molar-refractivity contribution in [1.29, 1.82) is 0 Å². The van der Waals surface area contributed by atoms with Crippen LogP contribution in [0.2, 0.25) is 0 Å². The molecular weight excluding hydrogens is 316 g/mol. The quantitative estimate of drug-likeness (QED) is 0.289. The van der Waals surface area contributed by atoms with Crippen molar-refractivity contribution >= 4 is 5.97 Å². The highest BCUT2D eigenvalue weighted by Crippen LogP contribution is 2.29. The molecule has 0 aliphatic heterocycles. The fourth-order valence-electron chi connectivity index (χ4n) is 3.02. The molecule has 4 heteroatoms. The van der Waals surface area contributed by atoms with Gasteiger partial charge in [-0.05, 0) is 62.7 Å². The van der Waals surface area contributed by atoms with Crippen LogP contribution in [0.5, 0.6) is 0 Å². The molecule has 0 unspecified atom stereocenters. The Labute approximate surface area is 151 Å². The lowest BCUT2D eigenvalue weighted by Gasteiger charge is -2.15. The Hall–Kier alpha value is -1.61. The summed E-state index contributed by atoms with van der Waals surface area (Å²) in [5.74, 6) is -4.36. The highest BCUT2D eigenvalue weighted by molar-refractivity contribution is 5.75. The topological polar surface area (TPSA) is 77.8 Å². The zero-order chi connectivity index (χ0) is 18.7. The van der Waals surface area contributed by atoms with Gasteiger partial charge in [-0.2, -0.15) is 0 Å². The van der Waals surface area contributed by atoms with Crippen LogP contribution in [0.25, 0.3) is 0 Å². The van der Waals surface area contributed by atoms with Crippen molar-refractivity contribution in [2.24, 2.45) is 0 Å². The first kappa shape index (κ1) is 21.4. The summed E-state index contributed by atoms with van der Waals surface area (Å²) in [6.45, 7) is 3.87. The summed E-state index contributed by atoms with van der Waals surface area (Å²) in [5, 5.41) is 27.4. The normalized spacial score (nSPS) is 14.9. The molecule has 4 nitrogen and oxygen atoms in total. The fourth-order valence-corrected chi connectivity index (χ4v) is 3.02. The molecule has 1 aliphatic rings. The number of allylic oxidation sites excluding steroid dienone is 4. The maximum Gasteiger partial charge on any atom is 0.364 e. The summed E-state index contributed by atoms with van der Waals surface area (Å²) >= 11 is 0. The van der Waals surface area contributed by atoms with Gasteiger partial charge < -0.3 is 15.3 Å². The van der Waals surface area contributed by atoms with Crippen molar-refractivity contribution in [3.63, 3.8) is 0 Å². The summed E-state index contributed by atoms with van der Waals surface area (Å²) in [7, 11) is 0. The second kappa shape index (κ2) is 11.1. The van der Waals surface area contributed by atoms with E-state index in [1.54, 1.807) is 6.92 Å². The Bertz CT molecular complexity index is 560. The molecule has 0 aromatic rings. The van der Waals surface area contributed by atoms with Crippen LogP contribution in [0.1, 0.15) is 78.1 Å². The van der Waals surface area contributed by atoms with Crippen LogP contribution in [0, 0.1) is 0 Å². The number of hydrogen-bond acceptors (Lipinski definition) is 3. The van der Waals surface area contributed by atoms with Gasteiger partial charge in [-0.25, -0.2) is 4.79 Å². The maximum absolute atomic E-state index is 10.7. The summed E-state index contributed by atoms with van der Waals surface area (Å²) in [4.78, 5) is 10.7. The molecule has 1 rings (SSSR count). The Kier molecular flexibility index (Phi) is 9.51. The van der Waals surface area contributed by atoms with Crippen LogP contribution < -0.4 is 0 Å². The third kappa shape index (κ3) is 8.35. The number of carboxylic acid groups (broad SMARTS) is 1. The third-order valence-corrected chi connectivity index (χ3v) is 4.47. The van der Waals surface area contributed by atoms with Gasteiger partial charge >= 0.3 is 5.97 Å². The number of carbonyl (C=O) groups is 1. The molecule has 0 spiro atoms. The lowest BCUT2D eigenvalue weighted by molar-refractivity contribution is -0.202. The molecule has 0 saturated carbocycles. The molecule has 0 aromatic heterocycles. The number of carboxylic acids is 1. The summed E-state index contributed by atoms with van der Waals surface area (Å²) < 4.78 is 0. The van der Waals surface area contributed by atoms with Crippen molar-refractivity contribution in [2.75, 3.05) is 0 Å². The second-order valence-corrected chi connectivity index (χ2v) is 6.87. The Balaban J connectivity index is 2.56. The van der Waals surface area contributed by atoms with Crippen LogP contribution in [-0.2, 0) is 4.79 Å². The van der Waals surface area contributed by atoms with Crippen molar-refractivity contribution < 1.29 is 20.1 Å². The van der Waals surface area contributed by atoms with Crippen molar-refractivity contribution in [3.8, 4) is 0 Å². The standard InChI is InChI=1S/C21H32O4/c1-3-4-5-6-7-8-12-18-14-10-15-19(18)13-9-11-17(2)16-21(24,25)20(22)23/h8-9,12,24-25H,3-7,10,13-16H2,1-2H3,(H,22,23)/b12-8+. The summed E-state index contributed by atoms with van der Waals surface area (Å²) in [6.07, 6.45) is 16.5. The van der Waals surface area contributed by atoms with Crippen molar-refractivity contribution in [3.05, 3.63) is 40.7 Å². The maximum atomic E-state index is 10.7. The Morgan fingerprint density at radius 1 is 1.24 bits per heavy atom. The lowest BCUT2D eigenvalue weighted by atomic mass is 10.0. The highest BCUT2D eigenvalue weighted by Gasteiger charge is 2.33. The molecule has 0 amide bonds. The Morgan fingerprint density at radius 3 is 2.68 bits per heavy atom. The zero-order valence-electron chi connectivity index (χ0n) is 15.6. The number of hydrogen-bond donors (Lipinski definition) is 3. The van der Waals surface area contributed by atoms with E-state index in [4.69, 9.17) is 5.11 Å². The van der Waals surface area contributed by atoms with Gasteiger partial charge in [0, 0.05) is 6.42 Å². The molecule has 0 heterocycles. The first-order chi connectivity index (χ1) is 11.9. The molecule has 25 heavy (non-hydrogen) atoms. The number of unbranched alkanes of at least 4 members (excludes halogenated alkanes) is 4. The van der Waals surface area contributed by atoms with Gasteiger partial charge in [-0.15, -0.1) is 5.73 Å². The van der Waals surface area contributed by atoms with Gasteiger partial charge in [0.05, 0.1) is 0 Å². The molecule has 1 aliphatic carbocycles. The van der Waals surface area contributed by atoms with E-state index in [0.717, 1.165) is 25.7 Å². The lowest BCUT2D eigenvalue weighted by Crippen LogP contribution is -2.38. The van der Waals surface area contributed by atoms with E-state index in [-0.39, 0.29) is 6.42 Å². The third-order valence-electron chi connectivity index (χ3n) is 4.47. The molecular formula is C21H32O4. The molecule has 0 radical (unpaired) electrons. The molecule has 0 saturated heterocycles. The molecule has 3 N–H and O–H groups in total. The molecule has 0 atom stereocenters. The van der Waals surface area contributed by atoms with Crippen LogP contribution in [0.3, 0.4) is 0 Å². The number of rotatable bonds is 11. The van der Waals surface area contributed by atoms with Gasteiger partial charge in [0.1, 0.15) is 0 Å². The van der Waals surface area contributed by atoms with Gasteiger partial charge in [0.2, 0.25) is 0 Å². The van der Waals surface area contributed by atoms with E-state index in [9.17, 15) is 15.0 Å². The SMILES string of the molecule is CCCCCC/C=C/C1=C(CC=C=C(C)CC(O)(O)C(=O)O)CCC1. The van der Waals surface area contributed by atoms with Crippen LogP contribution in [0.15, 0.2) is 40.7 Å². The fraction of sp³-hybridized carbons (Fsp3) is 0.619. The van der Waals surface area contributed by atoms with Gasteiger partial charge in [-0.1, -0.05) is 43.9 Å². The predicted molar refractivity (Wildman–Crippen MR) is 100 cm³/mol. The second-order valence-electron chi connectivity index (χ2n) is 6.87. The van der Waals surface area contributed by atoms with E-state index in [1.165, 1.54) is 43.3 Å². The monoisotopic (exact) mass is 348 g/mol. The van der Waals surface area contributed by atoms with E-state index >= 15 is 0 Å².